The summed E-state index contributed by atoms with van der Waals surface area (Å²) in [6.07, 6.45) is 11.2. The molecule has 0 aromatic heterocycles. The Morgan fingerprint density at radius 3 is 1.68 bits per heavy atom. The van der Waals surface area contributed by atoms with E-state index in [0.717, 1.165) is 69.6 Å². The van der Waals surface area contributed by atoms with Gasteiger partial charge in [-0.05, 0) is 0 Å². The molecule has 164 valence electrons. The van der Waals surface area contributed by atoms with Crippen LogP contribution in [0.5, 0.6) is 0 Å². The van der Waals surface area contributed by atoms with Gasteiger partial charge < -0.3 is 0 Å². The van der Waals surface area contributed by atoms with Gasteiger partial charge >= 0.3 is 175 Å². The van der Waals surface area contributed by atoms with Crippen molar-refractivity contribution in [2.45, 2.75) is 84.5 Å². The van der Waals surface area contributed by atoms with Gasteiger partial charge in [-0.3, -0.25) is 0 Å². The zero-order valence-electron chi connectivity index (χ0n) is 18.8. The van der Waals surface area contributed by atoms with E-state index in [0.29, 0.717) is 10.8 Å². The summed E-state index contributed by atoms with van der Waals surface area (Å²) in [5.74, 6) is 0.550. The van der Waals surface area contributed by atoms with Gasteiger partial charge in [-0.15, -0.1) is 0 Å². The zero-order valence-corrected chi connectivity index (χ0v) is 20.5. The minimum atomic E-state index is -3.76. The summed E-state index contributed by atoms with van der Waals surface area (Å²) in [5, 5.41) is 0. The van der Waals surface area contributed by atoms with Gasteiger partial charge in [0.05, 0.1) is 0 Å². The molecule has 1 rings (SSSR count). The molecule has 0 aliphatic carbocycles. The van der Waals surface area contributed by atoms with Crippen LogP contribution in [0.4, 0.5) is 0 Å². The molecule has 0 N–H and O–H groups in total. The maximum atomic E-state index is 13.4. The summed E-state index contributed by atoms with van der Waals surface area (Å²) in [5.41, 5.74) is 0. The van der Waals surface area contributed by atoms with Crippen LogP contribution in [0.1, 0.15) is 79.6 Å². The first-order valence-electron chi connectivity index (χ1n) is 11.2. The normalized spacial score (nSPS) is 14.1. The zero-order chi connectivity index (χ0) is 21.1. The van der Waals surface area contributed by atoms with Gasteiger partial charge in [0.25, 0.3) is 0 Å². The van der Waals surface area contributed by atoms with Crippen LogP contribution in [0.2, 0.25) is 0 Å². The molecule has 0 spiro atoms. The summed E-state index contributed by atoms with van der Waals surface area (Å²) in [7, 11) is -3.76. The quantitative estimate of drug-likeness (QED) is 0.274. The van der Waals surface area contributed by atoms with Crippen molar-refractivity contribution < 1.29 is 12.4 Å². The van der Waals surface area contributed by atoms with Gasteiger partial charge in [-0.25, -0.2) is 0 Å². The molecule has 1 aromatic rings. The number of rotatable bonds is 15. The molecule has 0 bridgehead atoms. The van der Waals surface area contributed by atoms with E-state index in [2.05, 4.69) is 34.6 Å². The van der Waals surface area contributed by atoms with Gasteiger partial charge in [0.15, 0.2) is 0 Å². The van der Waals surface area contributed by atoms with Gasteiger partial charge in [-0.1, -0.05) is 0 Å². The van der Waals surface area contributed by atoms with Crippen LogP contribution in [0.15, 0.2) is 35.2 Å². The molecule has 0 saturated carbocycles. The predicted molar refractivity (Wildman–Crippen MR) is 125 cm³/mol. The Morgan fingerprint density at radius 1 is 0.821 bits per heavy atom. The van der Waals surface area contributed by atoms with Crippen LogP contribution in [0, 0.1) is 5.92 Å². The number of benzene rings is 1. The van der Waals surface area contributed by atoms with Crippen molar-refractivity contribution in [3.8, 4) is 0 Å². The van der Waals surface area contributed by atoms with E-state index in [9.17, 15) is 8.42 Å². The molecule has 5 heteroatoms. The fraction of sp³-hybridized carbons (Fsp3) is 0.739. The SMILES string of the molecule is CCCCP(CCCC)(CCCC)(CCC(C)C)OS(=O)(=O)c1ccccc1. The molecule has 0 saturated heterocycles. The summed E-state index contributed by atoms with van der Waals surface area (Å²) >= 11 is 0. The van der Waals surface area contributed by atoms with Crippen LogP contribution < -0.4 is 0 Å². The van der Waals surface area contributed by atoms with Gasteiger partial charge in [0, 0.05) is 0 Å². The third kappa shape index (κ3) is 7.43. The van der Waals surface area contributed by atoms with Crippen LogP contribution in [-0.4, -0.2) is 33.1 Å². The predicted octanol–water partition coefficient (Wildman–Crippen LogP) is 7.31. The van der Waals surface area contributed by atoms with Crippen molar-refractivity contribution in [1.82, 2.24) is 0 Å². The van der Waals surface area contributed by atoms with Crippen LogP contribution in [-0.2, 0) is 14.1 Å². The first kappa shape index (κ1) is 25.6. The Morgan fingerprint density at radius 2 is 1.29 bits per heavy atom. The van der Waals surface area contributed by atoms with Crippen molar-refractivity contribution in [1.29, 1.82) is 0 Å². The third-order valence-corrected chi connectivity index (χ3v) is 14.9. The molecule has 0 heterocycles. The number of hydrogen-bond acceptors (Lipinski definition) is 3. The molecular formula is C23H43O3PS. The second-order valence-corrected chi connectivity index (χ2v) is 16.3. The molecule has 0 radical (unpaired) electrons. The molecule has 3 nitrogen and oxygen atoms in total. The first-order chi connectivity index (χ1) is 13.2. The topological polar surface area (TPSA) is 43.4 Å². The maximum absolute atomic E-state index is 13.4. The Kier molecular flexibility index (Phi) is 10.7. The molecule has 28 heavy (non-hydrogen) atoms. The van der Waals surface area contributed by atoms with Gasteiger partial charge in [0.2, 0.25) is 0 Å². The molecular weight excluding hydrogens is 387 g/mol. The van der Waals surface area contributed by atoms with Gasteiger partial charge in [0.1, 0.15) is 0 Å². The standard InChI is InChI=1S/C23H43O3PS/c1-6-9-18-27(19-10-7-2,20-11-8-3,21-17-22(4)5)26-28(24,25)23-15-13-12-14-16-23/h12-16,22H,6-11,17-21H2,1-5H3. The van der Waals surface area contributed by atoms with E-state index in [1.165, 1.54) is 0 Å². The van der Waals surface area contributed by atoms with E-state index >= 15 is 0 Å². The Hall–Kier alpha value is -0.440. The van der Waals surface area contributed by atoms with E-state index in [4.69, 9.17) is 3.97 Å². The Labute approximate surface area is 174 Å². The second-order valence-electron chi connectivity index (χ2n) is 8.84. The number of unbranched alkanes of at least 4 members (excludes halogenated alkanes) is 3. The van der Waals surface area contributed by atoms with Crippen LogP contribution >= 0.6 is 6.83 Å². The monoisotopic (exact) mass is 430 g/mol. The Bertz CT molecular complexity index is 631. The van der Waals surface area contributed by atoms with Crippen molar-refractivity contribution >= 4 is 16.9 Å². The average molecular weight is 431 g/mol. The van der Waals surface area contributed by atoms with E-state index in [1.54, 1.807) is 24.3 Å². The fourth-order valence-electron chi connectivity index (χ4n) is 3.99. The van der Waals surface area contributed by atoms with Crippen molar-refractivity contribution in [3.63, 3.8) is 0 Å². The van der Waals surface area contributed by atoms with Gasteiger partial charge in [-0.2, -0.15) is 0 Å². The molecule has 1 aromatic carbocycles. The second kappa shape index (κ2) is 11.7. The molecule has 0 fully saturated rings. The molecule has 0 amide bonds. The van der Waals surface area contributed by atoms with Crippen molar-refractivity contribution in [2.75, 3.05) is 24.6 Å². The summed E-state index contributed by atoms with van der Waals surface area (Å²) in [4.78, 5) is 0.304. The molecule has 0 aliphatic rings. The first-order valence-corrected chi connectivity index (χ1v) is 15.5. The molecule has 0 unspecified atom stereocenters. The van der Waals surface area contributed by atoms with Crippen LogP contribution in [0.3, 0.4) is 0 Å². The third-order valence-electron chi connectivity index (χ3n) is 5.84. The van der Waals surface area contributed by atoms with Crippen LogP contribution in [0.25, 0.3) is 0 Å². The number of hydrogen-bond donors (Lipinski definition) is 0. The molecule has 0 aliphatic heterocycles. The summed E-state index contributed by atoms with van der Waals surface area (Å²) in [6.45, 7) is 8.17. The average Bonchev–Trinajstić information content (AvgIpc) is 2.69. The van der Waals surface area contributed by atoms with E-state index < -0.39 is 16.9 Å². The Balaban J connectivity index is 3.48. The summed E-state index contributed by atoms with van der Waals surface area (Å²) < 4.78 is 33.4. The van der Waals surface area contributed by atoms with Crippen molar-refractivity contribution in [3.05, 3.63) is 30.3 Å². The molecule has 0 atom stereocenters. The van der Waals surface area contributed by atoms with Crippen molar-refractivity contribution in [2.24, 2.45) is 5.92 Å². The van der Waals surface area contributed by atoms with E-state index in [-0.39, 0.29) is 0 Å². The summed E-state index contributed by atoms with van der Waals surface area (Å²) in [6, 6.07) is 8.75. The van der Waals surface area contributed by atoms with E-state index in [1.807, 2.05) is 6.07 Å². The minimum absolute atomic E-state index is 0.304. The fourth-order valence-corrected chi connectivity index (χ4v) is 14.1.